The van der Waals surface area contributed by atoms with E-state index in [9.17, 15) is 18.6 Å². The molecule has 0 bridgehead atoms. The van der Waals surface area contributed by atoms with E-state index in [1.165, 1.54) is 41.2 Å². The van der Waals surface area contributed by atoms with Crippen LogP contribution < -0.4 is 20.9 Å². The molecule has 4 aromatic rings. The summed E-state index contributed by atoms with van der Waals surface area (Å²) in [5, 5.41) is 11.8. The number of carbonyl (C=O) groups is 3. The highest BCUT2D eigenvalue weighted by atomic mass is 32.2. The van der Waals surface area contributed by atoms with Gasteiger partial charge in [0.25, 0.3) is 0 Å². The Bertz CT molecular complexity index is 1680. The number of amides is 3. The first kappa shape index (κ1) is 38.8. The van der Waals surface area contributed by atoms with E-state index in [1.54, 1.807) is 24.9 Å². The summed E-state index contributed by atoms with van der Waals surface area (Å²) in [7, 11) is 0.593. The summed E-state index contributed by atoms with van der Waals surface area (Å²) in [6, 6.07) is 17.4. The SMILES string of the molecule is CC.CC.CC(=O)Nc1ccc2c(c1)CC(C)(c1cccnc1NC(C)=O)C2.CN(C=O)c1ccccc1Nc1nc(S(C)=O)cs1. The minimum absolute atomic E-state index is 0.0732. The molecule has 10 nitrogen and oxygen atoms in total. The Morgan fingerprint density at radius 1 is 0.957 bits per heavy atom. The first-order chi connectivity index (χ1) is 22.5. The number of carbonyl (C=O) groups excluding carboxylic acids is 3. The van der Waals surface area contributed by atoms with Gasteiger partial charge in [-0.15, -0.1) is 11.3 Å². The summed E-state index contributed by atoms with van der Waals surface area (Å²) >= 11 is 1.38. The van der Waals surface area contributed by atoms with Gasteiger partial charge in [0.05, 0.1) is 22.2 Å². The topological polar surface area (TPSA) is 133 Å². The molecule has 1 aliphatic carbocycles. The van der Waals surface area contributed by atoms with Crippen LogP contribution in [0.15, 0.2) is 71.2 Å². The van der Waals surface area contributed by atoms with Crippen LogP contribution in [0.4, 0.5) is 28.0 Å². The van der Waals surface area contributed by atoms with Gasteiger partial charge in [-0.05, 0) is 54.3 Å². The number of benzene rings is 2. The van der Waals surface area contributed by atoms with E-state index in [0.717, 1.165) is 41.9 Å². The molecule has 0 aliphatic heterocycles. The molecule has 1 aliphatic rings. The summed E-state index contributed by atoms with van der Waals surface area (Å²) in [5.74, 6) is 0.431. The van der Waals surface area contributed by atoms with Crippen LogP contribution in [0.5, 0.6) is 0 Å². The van der Waals surface area contributed by atoms with Crippen molar-refractivity contribution in [3.8, 4) is 0 Å². The molecule has 12 heteroatoms. The lowest BCUT2D eigenvalue weighted by atomic mass is 9.80. The Morgan fingerprint density at radius 2 is 1.62 bits per heavy atom. The van der Waals surface area contributed by atoms with E-state index in [1.807, 2.05) is 76.2 Å². The van der Waals surface area contributed by atoms with Crippen molar-refractivity contribution in [3.63, 3.8) is 0 Å². The van der Waals surface area contributed by atoms with Gasteiger partial charge in [0.15, 0.2) is 5.13 Å². The van der Waals surface area contributed by atoms with E-state index in [2.05, 4.69) is 38.9 Å². The molecule has 0 radical (unpaired) electrons. The van der Waals surface area contributed by atoms with Crippen LogP contribution in [0.1, 0.15) is 65.2 Å². The third-order valence-corrected chi connectivity index (χ3v) is 8.61. The fraction of sp³-hybridized carbons (Fsp3) is 0.343. The van der Waals surface area contributed by atoms with Crippen molar-refractivity contribution in [2.75, 3.05) is 34.2 Å². The second-order valence-corrected chi connectivity index (χ2v) is 12.6. The zero-order valence-corrected chi connectivity index (χ0v) is 30.3. The molecule has 252 valence electrons. The maximum absolute atomic E-state index is 11.5. The van der Waals surface area contributed by atoms with Gasteiger partial charge in [0.2, 0.25) is 18.2 Å². The molecular weight excluding hydrogens is 633 g/mol. The fourth-order valence-electron chi connectivity index (χ4n) is 5.00. The quantitative estimate of drug-likeness (QED) is 0.166. The summed E-state index contributed by atoms with van der Waals surface area (Å²) in [6.45, 7) is 13.2. The van der Waals surface area contributed by atoms with Crippen molar-refractivity contribution in [2.24, 2.45) is 0 Å². The van der Waals surface area contributed by atoms with Gasteiger partial charge in [-0.1, -0.05) is 58.9 Å². The van der Waals surface area contributed by atoms with Crippen LogP contribution in [0.25, 0.3) is 0 Å². The summed E-state index contributed by atoms with van der Waals surface area (Å²) < 4.78 is 11.3. The van der Waals surface area contributed by atoms with Crippen LogP contribution >= 0.6 is 11.3 Å². The lowest BCUT2D eigenvalue weighted by molar-refractivity contribution is -0.115. The van der Waals surface area contributed by atoms with Gasteiger partial charge >= 0.3 is 0 Å². The highest BCUT2D eigenvalue weighted by Crippen LogP contribution is 2.42. The Kier molecular flexibility index (Phi) is 15.4. The van der Waals surface area contributed by atoms with Crippen molar-refractivity contribution in [2.45, 2.75) is 71.7 Å². The monoisotopic (exact) mass is 678 g/mol. The number of aromatic nitrogens is 2. The predicted molar refractivity (Wildman–Crippen MR) is 195 cm³/mol. The molecule has 2 unspecified atom stereocenters. The largest absolute Gasteiger partial charge is 0.330 e. The standard InChI is InChI=1S/C19H21N3O2.C12H13N3O2S2.2C2H6/c1-12(23)21-16-7-6-14-10-19(3,11-15(14)9-16)17-5-4-8-20-18(17)22-13(2)24;1-15(8-16)10-6-4-3-5-9(10)13-12-14-11(7-18-12)19(2)17;2*1-2/h4-9H,10-11H2,1-3H3,(H,21,23)(H,20,22,24);3-8H,1-2H3,(H,13,14);2*1-2H3. The average Bonchev–Trinajstić information content (AvgIpc) is 3.67. The van der Waals surface area contributed by atoms with E-state index in [0.29, 0.717) is 16.0 Å². The highest BCUT2D eigenvalue weighted by molar-refractivity contribution is 7.84. The highest BCUT2D eigenvalue weighted by Gasteiger charge is 2.36. The van der Waals surface area contributed by atoms with Gasteiger partial charge in [-0.3, -0.25) is 18.6 Å². The number of nitrogens with zero attached hydrogens (tertiary/aromatic N) is 3. The number of hydrogen-bond acceptors (Lipinski definition) is 8. The smallest absolute Gasteiger partial charge is 0.222 e. The van der Waals surface area contributed by atoms with Crippen LogP contribution in [0, 0.1) is 0 Å². The maximum atomic E-state index is 11.5. The van der Waals surface area contributed by atoms with Gasteiger partial charge in [0, 0.05) is 55.4 Å². The van der Waals surface area contributed by atoms with Crippen LogP contribution in [0.2, 0.25) is 0 Å². The Hall–Kier alpha value is -4.42. The maximum Gasteiger partial charge on any atom is 0.222 e. The molecule has 3 N–H and O–H groups in total. The van der Waals surface area contributed by atoms with Gasteiger partial charge in [0.1, 0.15) is 10.8 Å². The Balaban J connectivity index is 0.000000302. The average molecular weight is 679 g/mol. The molecule has 3 amide bonds. The molecule has 2 aromatic heterocycles. The minimum Gasteiger partial charge on any atom is -0.330 e. The number of fused-ring (bicyclic) bond motifs is 1. The molecule has 5 rings (SSSR count). The number of pyridine rings is 1. The zero-order valence-electron chi connectivity index (χ0n) is 28.6. The van der Waals surface area contributed by atoms with Crippen molar-refractivity contribution in [1.82, 2.24) is 9.97 Å². The summed E-state index contributed by atoms with van der Waals surface area (Å²) in [6.07, 6.45) is 5.74. The predicted octanol–water partition coefficient (Wildman–Crippen LogP) is 7.32. The van der Waals surface area contributed by atoms with Crippen molar-refractivity contribution >= 4 is 68.4 Å². The lowest BCUT2D eigenvalue weighted by Crippen LogP contribution is -2.25. The van der Waals surface area contributed by atoms with Crippen LogP contribution in [-0.2, 0) is 43.4 Å². The lowest BCUT2D eigenvalue weighted by Gasteiger charge is -2.26. The molecule has 2 atom stereocenters. The van der Waals surface area contributed by atoms with E-state index in [4.69, 9.17) is 0 Å². The molecule has 2 aromatic carbocycles. The van der Waals surface area contributed by atoms with Gasteiger partial charge in [-0.25, -0.2) is 9.97 Å². The molecule has 0 spiro atoms. The van der Waals surface area contributed by atoms with Gasteiger partial charge < -0.3 is 20.9 Å². The third kappa shape index (κ3) is 10.8. The van der Waals surface area contributed by atoms with Crippen LogP contribution in [-0.4, -0.2) is 45.7 Å². The number of para-hydroxylation sites is 2. The summed E-state index contributed by atoms with van der Waals surface area (Å²) in [4.78, 5) is 43.6. The number of rotatable bonds is 8. The second kappa shape index (κ2) is 18.7. The van der Waals surface area contributed by atoms with Crippen molar-refractivity contribution in [1.29, 1.82) is 0 Å². The Labute approximate surface area is 284 Å². The molecule has 0 saturated carbocycles. The molecule has 47 heavy (non-hydrogen) atoms. The molecule has 0 saturated heterocycles. The number of hydrogen-bond donors (Lipinski definition) is 3. The molecular formula is C35H46N6O4S2. The van der Waals surface area contributed by atoms with Crippen molar-refractivity contribution < 1.29 is 18.6 Å². The fourth-order valence-corrected chi connectivity index (χ4v) is 6.55. The van der Waals surface area contributed by atoms with Crippen molar-refractivity contribution in [3.05, 3.63) is 82.9 Å². The molecule has 2 heterocycles. The van der Waals surface area contributed by atoms with E-state index in [-0.39, 0.29) is 17.2 Å². The first-order valence-corrected chi connectivity index (χ1v) is 17.9. The minimum atomic E-state index is -1.09. The van der Waals surface area contributed by atoms with E-state index >= 15 is 0 Å². The number of thiazole rings is 1. The Morgan fingerprint density at radius 3 is 2.23 bits per heavy atom. The third-order valence-electron chi connectivity index (χ3n) is 6.90. The van der Waals surface area contributed by atoms with Crippen LogP contribution in [0.3, 0.4) is 0 Å². The second-order valence-electron chi connectivity index (χ2n) is 10.5. The van der Waals surface area contributed by atoms with Gasteiger partial charge in [-0.2, -0.15) is 0 Å². The first-order valence-electron chi connectivity index (χ1n) is 15.4. The molecule has 0 fully saturated rings. The number of nitrogens with one attached hydrogen (secondary N) is 3. The zero-order chi connectivity index (χ0) is 35.1. The van der Waals surface area contributed by atoms with E-state index < -0.39 is 10.8 Å². The number of anilines is 5. The normalized spacial score (nSPS) is 14.7. The summed E-state index contributed by atoms with van der Waals surface area (Å²) in [5.41, 5.74) is 5.75.